The SMILES string of the molecule is Cc1ccc(C(=O)NN=Cc2cc(N=Nc3cccc4ccccc34)ccc2O)cc1Cl. The summed E-state index contributed by atoms with van der Waals surface area (Å²) in [5.41, 5.74) is 5.37. The number of halogens is 1. The van der Waals surface area contributed by atoms with E-state index in [4.69, 9.17) is 11.6 Å². The number of hydrogen-bond donors (Lipinski definition) is 2. The van der Waals surface area contributed by atoms with Crippen molar-refractivity contribution in [3.05, 3.63) is 101 Å². The smallest absolute Gasteiger partial charge is 0.271 e. The van der Waals surface area contributed by atoms with E-state index >= 15 is 0 Å². The van der Waals surface area contributed by atoms with E-state index in [9.17, 15) is 9.90 Å². The number of azo groups is 1. The van der Waals surface area contributed by atoms with Crippen LogP contribution in [0.25, 0.3) is 10.8 Å². The topological polar surface area (TPSA) is 86.4 Å². The Balaban J connectivity index is 1.50. The maximum absolute atomic E-state index is 12.2. The number of phenolic OH excluding ortho intramolecular Hbond substituents is 1. The Morgan fingerprint density at radius 1 is 0.969 bits per heavy atom. The maximum atomic E-state index is 12.2. The number of nitrogens with zero attached hydrogens (tertiary/aromatic N) is 3. The zero-order chi connectivity index (χ0) is 22.5. The highest BCUT2D eigenvalue weighted by Crippen LogP contribution is 2.28. The molecule has 1 amide bonds. The first-order valence-electron chi connectivity index (χ1n) is 9.83. The van der Waals surface area contributed by atoms with Gasteiger partial charge in [0.05, 0.1) is 17.6 Å². The third-order valence-corrected chi connectivity index (χ3v) is 5.26. The zero-order valence-corrected chi connectivity index (χ0v) is 17.9. The van der Waals surface area contributed by atoms with Crippen LogP contribution in [-0.2, 0) is 0 Å². The minimum atomic E-state index is -0.408. The lowest BCUT2D eigenvalue weighted by Gasteiger charge is -2.03. The fraction of sp³-hybridized carbons (Fsp3) is 0.0400. The van der Waals surface area contributed by atoms with Crippen LogP contribution < -0.4 is 5.43 Å². The third-order valence-electron chi connectivity index (χ3n) is 4.85. The molecule has 0 atom stereocenters. The Labute approximate surface area is 189 Å². The highest BCUT2D eigenvalue weighted by atomic mass is 35.5. The minimum absolute atomic E-state index is 0.00508. The second-order valence-corrected chi connectivity index (χ2v) is 7.51. The molecule has 0 bridgehead atoms. The van der Waals surface area contributed by atoms with Crippen molar-refractivity contribution < 1.29 is 9.90 Å². The van der Waals surface area contributed by atoms with Crippen molar-refractivity contribution in [1.82, 2.24) is 5.43 Å². The minimum Gasteiger partial charge on any atom is -0.507 e. The van der Waals surface area contributed by atoms with Crippen molar-refractivity contribution >= 4 is 45.9 Å². The number of carbonyl (C=O) groups is 1. The predicted octanol–water partition coefficient (Wildman–Crippen LogP) is 6.69. The van der Waals surface area contributed by atoms with Crippen molar-refractivity contribution in [3.8, 4) is 5.75 Å². The van der Waals surface area contributed by atoms with Gasteiger partial charge in [-0.2, -0.15) is 10.2 Å². The Bertz CT molecular complexity index is 1360. The van der Waals surface area contributed by atoms with Crippen LogP contribution >= 0.6 is 11.6 Å². The van der Waals surface area contributed by atoms with Gasteiger partial charge in [-0.3, -0.25) is 4.79 Å². The number of rotatable bonds is 5. The Kier molecular flexibility index (Phi) is 6.24. The molecule has 2 N–H and O–H groups in total. The van der Waals surface area contributed by atoms with E-state index in [-0.39, 0.29) is 5.75 Å². The predicted molar refractivity (Wildman–Crippen MR) is 127 cm³/mol. The number of fused-ring (bicyclic) bond motifs is 1. The average molecular weight is 443 g/mol. The van der Waals surface area contributed by atoms with Gasteiger partial charge in [-0.1, -0.05) is 54.1 Å². The number of aryl methyl sites for hydroxylation is 1. The number of phenols is 1. The van der Waals surface area contributed by atoms with Crippen LogP contribution in [0.1, 0.15) is 21.5 Å². The average Bonchev–Trinajstić information content (AvgIpc) is 2.81. The van der Waals surface area contributed by atoms with E-state index < -0.39 is 5.91 Å². The van der Waals surface area contributed by atoms with Crippen molar-refractivity contribution in [1.29, 1.82) is 0 Å². The van der Waals surface area contributed by atoms with E-state index in [1.807, 2.05) is 49.4 Å². The quantitative estimate of drug-likeness (QED) is 0.205. The number of benzene rings is 4. The standard InChI is InChI=1S/C25H19ClN4O2/c1-16-9-10-18(14-22(16)26)25(32)30-27-15-19-13-20(11-12-24(19)31)28-29-23-8-4-6-17-5-2-3-7-21(17)23/h2-15,31H,1H3,(H,30,32). The molecular formula is C25H19ClN4O2. The van der Waals surface area contributed by atoms with Gasteiger partial charge in [0.2, 0.25) is 0 Å². The third kappa shape index (κ3) is 4.82. The molecule has 158 valence electrons. The molecule has 4 rings (SSSR count). The molecule has 0 aliphatic heterocycles. The Hall–Kier alpha value is -4.03. The first-order valence-corrected chi connectivity index (χ1v) is 10.2. The summed E-state index contributed by atoms with van der Waals surface area (Å²) < 4.78 is 0. The maximum Gasteiger partial charge on any atom is 0.271 e. The van der Waals surface area contributed by atoms with Gasteiger partial charge in [-0.15, -0.1) is 5.11 Å². The Morgan fingerprint density at radius 3 is 2.62 bits per heavy atom. The van der Waals surface area contributed by atoms with Gasteiger partial charge in [-0.05, 0) is 54.3 Å². The fourth-order valence-electron chi connectivity index (χ4n) is 3.07. The van der Waals surface area contributed by atoms with Crippen LogP contribution in [0.2, 0.25) is 5.02 Å². The number of amides is 1. The number of carbonyl (C=O) groups excluding carboxylic acids is 1. The fourth-order valence-corrected chi connectivity index (χ4v) is 3.25. The monoisotopic (exact) mass is 442 g/mol. The lowest BCUT2D eigenvalue weighted by molar-refractivity contribution is 0.0955. The van der Waals surface area contributed by atoms with Crippen LogP contribution in [0.5, 0.6) is 5.75 Å². The Morgan fingerprint density at radius 2 is 1.78 bits per heavy atom. The summed E-state index contributed by atoms with van der Waals surface area (Å²) in [6.07, 6.45) is 1.35. The van der Waals surface area contributed by atoms with E-state index in [0.717, 1.165) is 22.0 Å². The van der Waals surface area contributed by atoms with Gasteiger partial charge >= 0.3 is 0 Å². The van der Waals surface area contributed by atoms with Crippen molar-refractivity contribution in [3.63, 3.8) is 0 Å². The van der Waals surface area contributed by atoms with Gasteiger partial charge in [0.25, 0.3) is 5.91 Å². The molecule has 0 aliphatic carbocycles. The van der Waals surface area contributed by atoms with Gasteiger partial charge < -0.3 is 5.11 Å². The zero-order valence-electron chi connectivity index (χ0n) is 17.2. The summed E-state index contributed by atoms with van der Waals surface area (Å²) >= 11 is 6.06. The highest BCUT2D eigenvalue weighted by molar-refractivity contribution is 6.31. The van der Waals surface area contributed by atoms with Crippen molar-refractivity contribution in [2.75, 3.05) is 0 Å². The first-order chi connectivity index (χ1) is 15.5. The number of aromatic hydroxyl groups is 1. The van der Waals surface area contributed by atoms with Crippen LogP contribution in [0, 0.1) is 6.92 Å². The van der Waals surface area contributed by atoms with Crippen molar-refractivity contribution in [2.45, 2.75) is 6.92 Å². The molecule has 4 aromatic rings. The van der Waals surface area contributed by atoms with Crippen LogP contribution in [-0.4, -0.2) is 17.2 Å². The number of hydrogen-bond acceptors (Lipinski definition) is 5. The lowest BCUT2D eigenvalue weighted by Crippen LogP contribution is -2.17. The molecule has 0 saturated heterocycles. The lowest BCUT2D eigenvalue weighted by atomic mass is 10.1. The summed E-state index contributed by atoms with van der Waals surface area (Å²) in [6.45, 7) is 1.86. The summed E-state index contributed by atoms with van der Waals surface area (Å²) in [5, 5.41) is 25.3. The second kappa shape index (κ2) is 9.41. The summed E-state index contributed by atoms with van der Waals surface area (Å²) in [5.74, 6) is -0.403. The molecule has 4 aromatic carbocycles. The first kappa shape index (κ1) is 21.2. The summed E-state index contributed by atoms with van der Waals surface area (Å²) in [6, 6.07) is 23.5. The molecule has 0 aromatic heterocycles. The molecule has 0 radical (unpaired) electrons. The van der Waals surface area contributed by atoms with E-state index in [1.54, 1.807) is 30.3 Å². The molecule has 7 heteroatoms. The van der Waals surface area contributed by atoms with Crippen LogP contribution in [0.15, 0.2) is 94.2 Å². The molecule has 0 heterocycles. The molecule has 6 nitrogen and oxygen atoms in total. The largest absolute Gasteiger partial charge is 0.507 e. The molecular weight excluding hydrogens is 424 g/mol. The molecule has 0 aliphatic rings. The molecule has 0 saturated carbocycles. The van der Waals surface area contributed by atoms with Crippen molar-refractivity contribution in [2.24, 2.45) is 15.3 Å². The molecule has 32 heavy (non-hydrogen) atoms. The van der Waals surface area contributed by atoms with Gasteiger partial charge in [0.1, 0.15) is 5.75 Å². The van der Waals surface area contributed by atoms with Crippen LogP contribution in [0.4, 0.5) is 11.4 Å². The molecule has 0 spiro atoms. The van der Waals surface area contributed by atoms with Gasteiger partial charge in [0, 0.05) is 21.5 Å². The van der Waals surface area contributed by atoms with Gasteiger partial charge in [0.15, 0.2) is 0 Å². The van der Waals surface area contributed by atoms with E-state index in [0.29, 0.717) is 21.8 Å². The second-order valence-electron chi connectivity index (χ2n) is 7.10. The summed E-state index contributed by atoms with van der Waals surface area (Å²) in [7, 11) is 0. The van der Waals surface area contributed by atoms with E-state index in [2.05, 4.69) is 20.8 Å². The van der Waals surface area contributed by atoms with Crippen LogP contribution in [0.3, 0.4) is 0 Å². The van der Waals surface area contributed by atoms with E-state index in [1.165, 1.54) is 12.3 Å². The van der Waals surface area contributed by atoms with Gasteiger partial charge in [-0.25, -0.2) is 5.43 Å². The number of hydrazone groups is 1. The highest BCUT2D eigenvalue weighted by Gasteiger charge is 2.07. The molecule has 0 unspecified atom stereocenters. The summed E-state index contributed by atoms with van der Waals surface area (Å²) in [4.78, 5) is 12.2. The number of nitrogens with one attached hydrogen (secondary N) is 1. The normalized spacial score (nSPS) is 11.4. The molecule has 0 fully saturated rings.